The molecule has 1 fully saturated rings. The van der Waals surface area contributed by atoms with Gasteiger partial charge in [-0.25, -0.2) is 4.79 Å². The van der Waals surface area contributed by atoms with Gasteiger partial charge in [0, 0.05) is 19.3 Å². The fourth-order valence-corrected chi connectivity index (χ4v) is 1.86. The van der Waals surface area contributed by atoms with Crippen LogP contribution in [-0.4, -0.2) is 36.1 Å². The average Bonchev–Trinajstić information content (AvgIpc) is 2.88. The molecule has 5 nitrogen and oxygen atoms in total. The Morgan fingerprint density at radius 2 is 2.53 bits per heavy atom. The van der Waals surface area contributed by atoms with Gasteiger partial charge in [-0.15, -0.1) is 0 Å². The van der Waals surface area contributed by atoms with Gasteiger partial charge < -0.3 is 15.5 Å². The van der Waals surface area contributed by atoms with E-state index >= 15 is 0 Å². The van der Waals surface area contributed by atoms with Crippen LogP contribution in [-0.2, 0) is 0 Å². The maximum Gasteiger partial charge on any atom is 0.322 e. The number of nitriles is 1. The van der Waals surface area contributed by atoms with Crippen LogP contribution >= 0.6 is 0 Å². The van der Waals surface area contributed by atoms with Crippen molar-refractivity contribution in [3.05, 3.63) is 12.3 Å². The molecular formula is C10H14N4O. The Bertz CT molecular complexity index is 325. The second-order valence-corrected chi connectivity index (χ2v) is 3.92. The lowest BCUT2D eigenvalue weighted by atomic mass is 10.0. The Morgan fingerprint density at radius 1 is 1.67 bits per heavy atom. The fraction of sp³-hybridized carbons (Fsp3) is 0.600. The van der Waals surface area contributed by atoms with Crippen molar-refractivity contribution in [3.8, 4) is 6.07 Å². The summed E-state index contributed by atoms with van der Waals surface area (Å²) in [5, 5.41) is 14.9. The molecule has 2 aliphatic rings. The predicted octanol–water partition coefficient (Wildman–Crippen LogP) is 0.171. The van der Waals surface area contributed by atoms with Crippen LogP contribution < -0.4 is 10.6 Å². The van der Waals surface area contributed by atoms with Gasteiger partial charge in [-0.1, -0.05) is 6.08 Å². The number of rotatable bonds is 1. The lowest BCUT2D eigenvalue weighted by molar-refractivity contribution is 0.210. The van der Waals surface area contributed by atoms with E-state index in [0.717, 1.165) is 13.0 Å². The predicted molar refractivity (Wildman–Crippen MR) is 54.8 cm³/mol. The molecular weight excluding hydrogens is 192 g/mol. The zero-order chi connectivity index (χ0) is 10.7. The summed E-state index contributed by atoms with van der Waals surface area (Å²) in [7, 11) is 0. The lowest BCUT2D eigenvalue weighted by Crippen LogP contribution is -2.52. The minimum absolute atomic E-state index is 0.172. The molecule has 0 aromatic rings. The topological polar surface area (TPSA) is 68.2 Å². The maximum atomic E-state index is 11.8. The molecule has 0 bridgehead atoms. The highest BCUT2D eigenvalue weighted by Crippen LogP contribution is 2.14. The van der Waals surface area contributed by atoms with Crippen molar-refractivity contribution in [2.24, 2.45) is 0 Å². The largest absolute Gasteiger partial charge is 0.322 e. The van der Waals surface area contributed by atoms with E-state index < -0.39 is 5.54 Å². The van der Waals surface area contributed by atoms with E-state index in [2.05, 4.69) is 16.7 Å². The lowest BCUT2D eigenvalue weighted by Gasteiger charge is -2.24. The zero-order valence-corrected chi connectivity index (χ0v) is 8.49. The van der Waals surface area contributed by atoms with E-state index in [-0.39, 0.29) is 6.03 Å². The van der Waals surface area contributed by atoms with Gasteiger partial charge in [-0.05, 0) is 19.4 Å². The first-order chi connectivity index (χ1) is 7.26. The van der Waals surface area contributed by atoms with Gasteiger partial charge in [-0.2, -0.15) is 5.26 Å². The average molecular weight is 206 g/mol. The van der Waals surface area contributed by atoms with Crippen LogP contribution in [0.1, 0.15) is 12.8 Å². The fourth-order valence-electron chi connectivity index (χ4n) is 1.86. The van der Waals surface area contributed by atoms with Gasteiger partial charge >= 0.3 is 6.03 Å². The van der Waals surface area contributed by atoms with Crippen LogP contribution in [0.4, 0.5) is 4.79 Å². The molecule has 2 rings (SSSR count). The molecule has 2 N–H and O–H groups in total. The van der Waals surface area contributed by atoms with Crippen LogP contribution in [0.5, 0.6) is 0 Å². The SMILES string of the molecule is N#CC1(NC(=O)N2C=CCC2)CCNC1. The molecule has 2 heterocycles. The number of nitrogens with one attached hydrogen (secondary N) is 2. The highest BCUT2D eigenvalue weighted by Gasteiger charge is 2.36. The van der Waals surface area contributed by atoms with E-state index in [4.69, 9.17) is 5.26 Å². The van der Waals surface area contributed by atoms with E-state index in [1.54, 1.807) is 11.1 Å². The summed E-state index contributed by atoms with van der Waals surface area (Å²) in [6, 6.07) is 2.01. The third-order valence-electron chi connectivity index (χ3n) is 2.80. The molecule has 2 amide bonds. The second-order valence-electron chi connectivity index (χ2n) is 3.92. The third-order valence-corrected chi connectivity index (χ3v) is 2.80. The molecule has 1 saturated heterocycles. The van der Waals surface area contributed by atoms with Crippen molar-refractivity contribution in [1.82, 2.24) is 15.5 Å². The molecule has 1 unspecified atom stereocenters. The Kier molecular flexibility index (Phi) is 2.60. The van der Waals surface area contributed by atoms with Crippen LogP contribution in [0, 0.1) is 11.3 Å². The Hall–Kier alpha value is -1.54. The smallest absolute Gasteiger partial charge is 0.318 e. The van der Waals surface area contributed by atoms with E-state index in [1.165, 1.54) is 0 Å². The summed E-state index contributed by atoms with van der Waals surface area (Å²) < 4.78 is 0. The molecule has 0 spiro atoms. The van der Waals surface area contributed by atoms with Crippen molar-refractivity contribution >= 4 is 6.03 Å². The van der Waals surface area contributed by atoms with Crippen molar-refractivity contribution in [3.63, 3.8) is 0 Å². The summed E-state index contributed by atoms with van der Waals surface area (Å²) >= 11 is 0. The zero-order valence-electron chi connectivity index (χ0n) is 8.49. The minimum Gasteiger partial charge on any atom is -0.318 e. The highest BCUT2D eigenvalue weighted by atomic mass is 16.2. The molecule has 0 saturated carbocycles. The minimum atomic E-state index is -0.715. The molecule has 5 heteroatoms. The Morgan fingerprint density at radius 3 is 3.07 bits per heavy atom. The Balaban J connectivity index is 1.98. The monoisotopic (exact) mass is 206 g/mol. The van der Waals surface area contributed by atoms with Gasteiger partial charge in [0.25, 0.3) is 0 Å². The van der Waals surface area contributed by atoms with Gasteiger partial charge in [-0.3, -0.25) is 0 Å². The number of hydrogen-bond acceptors (Lipinski definition) is 3. The van der Waals surface area contributed by atoms with E-state index in [1.807, 2.05) is 6.08 Å². The first-order valence-corrected chi connectivity index (χ1v) is 5.13. The first-order valence-electron chi connectivity index (χ1n) is 5.13. The second kappa shape index (κ2) is 3.91. The maximum absolute atomic E-state index is 11.8. The molecule has 0 aromatic heterocycles. The molecule has 0 aromatic carbocycles. The van der Waals surface area contributed by atoms with Gasteiger partial charge in [0.05, 0.1) is 6.07 Å². The van der Waals surface area contributed by atoms with Gasteiger partial charge in [0.2, 0.25) is 0 Å². The Labute approximate surface area is 88.7 Å². The first kappa shape index (κ1) is 9.99. The molecule has 15 heavy (non-hydrogen) atoms. The molecule has 0 aliphatic carbocycles. The molecule has 1 atom stereocenters. The summed E-state index contributed by atoms with van der Waals surface area (Å²) in [4.78, 5) is 13.4. The molecule has 2 aliphatic heterocycles. The van der Waals surface area contributed by atoms with Crippen LogP contribution in [0.25, 0.3) is 0 Å². The van der Waals surface area contributed by atoms with Crippen molar-refractivity contribution < 1.29 is 4.79 Å². The third kappa shape index (κ3) is 1.95. The number of hydrogen-bond donors (Lipinski definition) is 2. The number of urea groups is 1. The highest BCUT2D eigenvalue weighted by molar-refractivity contribution is 5.77. The van der Waals surface area contributed by atoms with Crippen molar-refractivity contribution in [1.29, 1.82) is 5.26 Å². The molecule has 80 valence electrons. The van der Waals surface area contributed by atoms with Crippen molar-refractivity contribution in [2.45, 2.75) is 18.4 Å². The summed E-state index contributed by atoms with van der Waals surface area (Å²) in [6.07, 6.45) is 5.28. The molecule has 0 radical (unpaired) electrons. The number of carbonyl (C=O) groups is 1. The summed E-state index contributed by atoms with van der Waals surface area (Å²) in [6.45, 7) is 2.03. The van der Waals surface area contributed by atoms with Crippen LogP contribution in [0.15, 0.2) is 12.3 Å². The number of nitrogens with zero attached hydrogens (tertiary/aromatic N) is 2. The number of carbonyl (C=O) groups excluding carboxylic acids is 1. The summed E-state index contributed by atoms with van der Waals surface area (Å²) in [5.41, 5.74) is -0.715. The van der Waals surface area contributed by atoms with Gasteiger partial charge in [0.15, 0.2) is 0 Å². The van der Waals surface area contributed by atoms with Gasteiger partial charge in [0.1, 0.15) is 5.54 Å². The van der Waals surface area contributed by atoms with Crippen molar-refractivity contribution in [2.75, 3.05) is 19.6 Å². The normalized spacial score (nSPS) is 29.1. The summed E-state index contributed by atoms with van der Waals surface area (Å²) in [5.74, 6) is 0. The van der Waals surface area contributed by atoms with Crippen LogP contribution in [0.2, 0.25) is 0 Å². The van der Waals surface area contributed by atoms with E-state index in [9.17, 15) is 4.79 Å². The quantitative estimate of drug-likeness (QED) is 0.642. The van der Waals surface area contributed by atoms with E-state index in [0.29, 0.717) is 19.5 Å². The standard InChI is InChI=1S/C10H14N4O/c11-7-10(3-4-12-8-10)13-9(15)14-5-1-2-6-14/h1,5,12H,2-4,6,8H2,(H,13,15). The van der Waals surface area contributed by atoms with Crippen LogP contribution in [0.3, 0.4) is 0 Å². The number of amides is 2.